The molecule has 9 nitrogen and oxygen atoms in total. The predicted octanol–water partition coefficient (Wildman–Crippen LogP) is 3.73. The van der Waals surface area contributed by atoms with Crippen molar-refractivity contribution in [3.63, 3.8) is 0 Å². The summed E-state index contributed by atoms with van der Waals surface area (Å²) in [4.78, 5) is 20.1. The van der Waals surface area contributed by atoms with E-state index < -0.39 is 0 Å². The van der Waals surface area contributed by atoms with Crippen molar-refractivity contribution in [1.82, 2.24) is 25.2 Å². The molecule has 0 radical (unpaired) electrons. The van der Waals surface area contributed by atoms with Crippen molar-refractivity contribution in [1.29, 1.82) is 0 Å². The molecule has 0 spiro atoms. The van der Waals surface area contributed by atoms with E-state index in [0.717, 1.165) is 30.1 Å². The lowest BCUT2D eigenvalue weighted by atomic mass is 9.93. The molecule has 3 aliphatic rings. The van der Waals surface area contributed by atoms with Gasteiger partial charge in [0.2, 0.25) is 5.88 Å². The Kier molecular flexibility index (Phi) is 7.44. The lowest BCUT2D eigenvalue weighted by Crippen LogP contribution is -2.34. The highest BCUT2D eigenvalue weighted by Crippen LogP contribution is 2.31. The van der Waals surface area contributed by atoms with Gasteiger partial charge in [-0.25, -0.2) is 9.97 Å². The molecule has 2 atom stereocenters. The first-order chi connectivity index (χ1) is 17.1. The third-order valence-corrected chi connectivity index (χ3v) is 6.49. The van der Waals surface area contributed by atoms with E-state index in [1.807, 2.05) is 19.1 Å². The maximum absolute atomic E-state index is 6.48. The first kappa shape index (κ1) is 23.6. The van der Waals surface area contributed by atoms with Gasteiger partial charge in [-0.05, 0) is 45.4 Å². The van der Waals surface area contributed by atoms with Gasteiger partial charge in [0.1, 0.15) is 28.5 Å². The lowest BCUT2D eigenvalue weighted by molar-refractivity contribution is 0.231. The van der Waals surface area contributed by atoms with Crippen molar-refractivity contribution >= 4 is 23.8 Å². The Bertz CT molecular complexity index is 1110. The van der Waals surface area contributed by atoms with E-state index in [9.17, 15) is 0 Å². The maximum Gasteiger partial charge on any atom is 0.233 e. The molecule has 0 bridgehead atoms. The van der Waals surface area contributed by atoms with Crippen molar-refractivity contribution < 1.29 is 9.47 Å². The van der Waals surface area contributed by atoms with Crippen molar-refractivity contribution in [2.75, 3.05) is 31.6 Å². The Hall–Kier alpha value is -3.17. The number of likely N-dealkylation sites (tertiary alicyclic amines) is 1. The molecule has 2 aliphatic heterocycles. The normalized spacial score (nSPS) is 21.5. The van der Waals surface area contributed by atoms with Crippen LogP contribution in [0.2, 0.25) is 5.02 Å². The number of hydrogen-bond donors (Lipinski definition) is 2. The molecule has 2 unspecified atom stereocenters. The Morgan fingerprint density at radius 3 is 2.83 bits per heavy atom. The van der Waals surface area contributed by atoms with Crippen molar-refractivity contribution in [3.05, 3.63) is 58.9 Å². The van der Waals surface area contributed by atoms with E-state index in [2.05, 4.69) is 35.5 Å². The third-order valence-electron chi connectivity index (χ3n) is 6.22. The highest BCUT2D eigenvalue weighted by atomic mass is 35.5. The summed E-state index contributed by atoms with van der Waals surface area (Å²) in [5.41, 5.74) is 1.93. The third kappa shape index (κ3) is 6.10. The molecular weight excluding hydrogens is 466 g/mol. The lowest BCUT2D eigenvalue weighted by Gasteiger charge is -2.29. The largest absolute Gasteiger partial charge is 0.492 e. The van der Waals surface area contributed by atoms with E-state index in [-0.39, 0.29) is 12.1 Å². The predicted molar refractivity (Wildman–Crippen MR) is 136 cm³/mol. The van der Waals surface area contributed by atoms with Crippen LogP contribution in [0.5, 0.6) is 11.6 Å². The molecule has 4 heterocycles. The summed E-state index contributed by atoms with van der Waals surface area (Å²) < 4.78 is 12.0. The minimum absolute atomic E-state index is 0.0585. The zero-order valence-electron chi connectivity index (χ0n) is 19.8. The second-order valence-corrected chi connectivity index (χ2v) is 9.30. The summed E-state index contributed by atoms with van der Waals surface area (Å²) in [7, 11) is 0. The first-order valence-electron chi connectivity index (χ1n) is 12.1. The zero-order chi connectivity index (χ0) is 24.0. The number of aromatic nitrogens is 3. The van der Waals surface area contributed by atoms with Crippen LogP contribution in [0.3, 0.4) is 0 Å². The number of aliphatic imine (C=N–C) groups is 1. The fraction of sp³-hybridized carbons (Fsp3) is 0.440. The Balaban J connectivity index is 1.19. The molecule has 5 rings (SSSR count). The van der Waals surface area contributed by atoms with Gasteiger partial charge in [-0.1, -0.05) is 17.7 Å². The molecule has 1 aliphatic carbocycles. The Labute approximate surface area is 210 Å². The molecule has 35 heavy (non-hydrogen) atoms. The summed E-state index contributed by atoms with van der Waals surface area (Å²) in [6.45, 7) is 6.02. The summed E-state index contributed by atoms with van der Waals surface area (Å²) >= 11 is 6.48. The minimum atomic E-state index is -0.227. The highest BCUT2D eigenvalue weighted by Gasteiger charge is 2.27. The average Bonchev–Trinajstić information content (AvgIpc) is 3.39. The van der Waals surface area contributed by atoms with Gasteiger partial charge in [0.15, 0.2) is 0 Å². The van der Waals surface area contributed by atoms with Gasteiger partial charge >= 0.3 is 0 Å². The SMILES string of the molecule is Cc1cnc(NC2=C3CC(Oc4ncc(OCCCN5CCCC5)cc4Cl)C=CC3N=CN2)cn1. The van der Waals surface area contributed by atoms with Crippen LogP contribution in [-0.4, -0.2) is 64.6 Å². The number of pyridine rings is 1. The number of anilines is 1. The number of aryl methyl sites for hydroxylation is 1. The van der Waals surface area contributed by atoms with E-state index in [0.29, 0.717) is 35.5 Å². The van der Waals surface area contributed by atoms with E-state index in [4.69, 9.17) is 21.1 Å². The number of fused-ring (bicyclic) bond motifs is 1. The van der Waals surface area contributed by atoms with Crippen LogP contribution in [0.4, 0.5) is 5.82 Å². The van der Waals surface area contributed by atoms with Crippen LogP contribution < -0.4 is 20.1 Å². The molecule has 0 aromatic carbocycles. The summed E-state index contributed by atoms with van der Waals surface area (Å²) in [5.74, 6) is 2.53. The molecule has 2 aromatic rings. The number of halogens is 1. The van der Waals surface area contributed by atoms with E-state index >= 15 is 0 Å². The number of nitrogens with one attached hydrogen (secondary N) is 2. The number of ether oxygens (including phenoxy) is 2. The fourth-order valence-corrected chi connectivity index (χ4v) is 4.60. The molecule has 2 aromatic heterocycles. The van der Waals surface area contributed by atoms with Crippen molar-refractivity contribution in [2.24, 2.45) is 4.99 Å². The van der Waals surface area contributed by atoms with Gasteiger partial charge in [0.05, 0.1) is 43.3 Å². The molecule has 0 saturated carbocycles. The fourth-order valence-electron chi connectivity index (χ4n) is 4.40. The number of hydrogen-bond acceptors (Lipinski definition) is 9. The van der Waals surface area contributed by atoms with Gasteiger partial charge in [0, 0.05) is 24.6 Å². The van der Waals surface area contributed by atoms with Crippen molar-refractivity contribution in [2.45, 2.75) is 44.8 Å². The monoisotopic (exact) mass is 495 g/mol. The topological polar surface area (TPSA) is 96.8 Å². The van der Waals surface area contributed by atoms with Crippen LogP contribution in [0, 0.1) is 6.92 Å². The van der Waals surface area contributed by atoms with Crippen LogP contribution in [-0.2, 0) is 0 Å². The summed E-state index contributed by atoms with van der Waals surface area (Å²) in [5, 5.41) is 6.92. The van der Waals surface area contributed by atoms with E-state index in [1.54, 1.807) is 31.0 Å². The van der Waals surface area contributed by atoms with Gasteiger partial charge in [-0.2, -0.15) is 0 Å². The average molecular weight is 496 g/mol. The van der Waals surface area contributed by atoms with E-state index in [1.165, 1.54) is 25.9 Å². The molecule has 184 valence electrons. The molecule has 10 heteroatoms. The standard InChI is InChI=1S/C25H30ClN7O2/c1-17-13-28-23(15-27-17)32-24-20-11-18(5-6-22(20)30-16-31-24)35-25-21(26)12-19(14-29-25)34-10-4-9-33-7-2-3-8-33/h5-6,12-16,18,22H,2-4,7-11H2,1H3,(H,28,32)(H,30,31). The first-order valence-corrected chi connectivity index (χ1v) is 12.4. The smallest absolute Gasteiger partial charge is 0.233 e. The molecule has 1 saturated heterocycles. The van der Waals surface area contributed by atoms with Crippen molar-refractivity contribution in [3.8, 4) is 11.6 Å². The summed E-state index contributed by atoms with van der Waals surface area (Å²) in [6, 6.07) is 1.71. The summed E-state index contributed by atoms with van der Waals surface area (Å²) in [6.07, 6.45) is 14.8. The van der Waals surface area contributed by atoms with Gasteiger partial charge < -0.3 is 25.0 Å². The zero-order valence-corrected chi connectivity index (χ0v) is 20.5. The Morgan fingerprint density at radius 2 is 2.03 bits per heavy atom. The highest BCUT2D eigenvalue weighted by molar-refractivity contribution is 6.31. The molecule has 1 fully saturated rings. The Morgan fingerprint density at radius 1 is 1.14 bits per heavy atom. The number of nitrogens with zero attached hydrogens (tertiary/aromatic N) is 5. The van der Waals surface area contributed by atoms with Gasteiger partial charge in [-0.15, -0.1) is 0 Å². The quantitative estimate of drug-likeness (QED) is 0.401. The van der Waals surface area contributed by atoms with Gasteiger partial charge in [-0.3, -0.25) is 9.98 Å². The second kappa shape index (κ2) is 11.0. The number of rotatable bonds is 9. The van der Waals surface area contributed by atoms with Crippen LogP contribution in [0.15, 0.2) is 53.2 Å². The van der Waals surface area contributed by atoms with Crippen LogP contribution in [0.25, 0.3) is 0 Å². The maximum atomic E-state index is 6.48. The van der Waals surface area contributed by atoms with Gasteiger partial charge in [0.25, 0.3) is 0 Å². The minimum Gasteiger partial charge on any atom is -0.492 e. The molecular formula is C25H30ClN7O2. The molecule has 2 N–H and O–H groups in total. The van der Waals surface area contributed by atoms with Crippen LogP contribution in [0.1, 0.15) is 31.4 Å². The second-order valence-electron chi connectivity index (χ2n) is 8.89. The van der Waals surface area contributed by atoms with Crippen LogP contribution >= 0.6 is 11.6 Å². The molecule has 0 amide bonds.